The highest BCUT2D eigenvalue weighted by Gasteiger charge is 2.28. The van der Waals surface area contributed by atoms with Crippen molar-refractivity contribution in [1.29, 1.82) is 0 Å². The molecule has 0 amide bonds. The number of benzene rings is 2. The van der Waals surface area contributed by atoms with Crippen LogP contribution in [0.2, 0.25) is 0 Å². The summed E-state index contributed by atoms with van der Waals surface area (Å²) in [6.07, 6.45) is 0. The number of rotatable bonds is 3. The normalized spacial score (nSPS) is 12.5. The van der Waals surface area contributed by atoms with E-state index in [4.69, 9.17) is 12.2 Å². The van der Waals surface area contributed by atoms with Crippen LogP contribution in [0.1, 0.15) is 63.0 Å². The number of phenolic OH excluding ortho intramolecular Hbond substituents is 1. The summed E-state index contributed by atoms with van der Waals surface area (Å²) >= 11 is 7.02. The summed E-state index contributed by atoms with van der Waals surface area (Å²) < 4.78 is 3.68. The van der Waals surface area contributed by atoms with Crippen LogP contribution in [0.5, 0.6) is 5.75 Å². The van der Waals surface area contributed by atoms with Gasteiger partial charge >= 0.3 is 0 Å². The largest absolute Gasteiger partial charge is 0.507 e. The first-order valence-electron chi connectivity index (χ1n) is 9.39. The average molecular weight is 414 g/mol. The third-order valence-corrected chi connectivity index (χ3v) is 6.35. The van der Waals surface area contributed by atoms with Gasteiger partial charge in [-0.3, -0.25) is 4.79 Å². The summed E-state index contributed by atoms with van der Waals surface area (Å²) in [5, 5.41) is 10.9. The summed E-state index contributed by atoms with van der Waals surface area (Å²) in [4.78, 5) is 13.2. The van der Waals surface area contributed by atoms with Gasteiger partial charge in [0.25, 0.3) is 0 Å². The Kier molecular flexibility index (Phi) is 5.28. The number of aromatic nitrogens is 1. The molecular weight excluding hydrogens is 386 g/mol. The molecule has 1 heterocycles. The Morgan fingerprint density at radius 2 is 1.57 bits per heavy atom. The zero-order valence-corrected chi connectivity index (χ0v) is 18.9. The van der Waals surface area contributed by atoms with E-state index in [0.717, 1.165) is 21.3 Å². The average Bonchev–Trinajstić information content (AvgIpc) is 2.88. The lowest BCUT2D eigenvalue weighted by Gasteiger charge is -2.28. The molecule has 0 saturated heterocycles. The molecule has 0 unspecified atom stereocenters. The third-order valence-electron chi connectivity index (χ3n) is 4.92. The molecule has 28 heavy (non-hydrogen) atoms. The Balaban J connectivity index is 2.11. The summed E-state index contributed by atoms with van der Waals surface area (Å²) in [6, 6.07) is 11.6. The number of thiazole rings is 1. The number of carbonyl (C=O) groups is 1. The summed E-state index contributed by atoms with van der Waals surface area (Å²) in [5.41, 5.74) is 2.64. The van der Waals surface area contributed by atoms with Crippen LogP contribution in [0.25, 0.3) is 10.2 Å². The molecular formula is C23H27NO2S2. The van der Waals surface area contributed by atoms with Gasteiger partial charge in [0.15, 0.2) is 9.74 Å². The molecule has 3 rings (SSSR count). The number of carbonyl (C=O) groups excluding carboxylic acids is 1. The van der Waals surface area contributed by atoms with E-state index in [1.54, 1.807) is 0 Å². The van der Waals surface area contributed by atoms with Gasteiger partial charge in [-0.15, -0.1) is 11.3 Å². The number of Topliss-reactive ketones (excluding diaryl/α,β-unsaturated/α-hetero) is 1. The lowest BCUT2D eigenvalue weighted by molar-refractivity contribution is 0.0973. The lowest BCUT2D eigenvalue weighted by Crippen LogP contribution is -2.20. The maximum absolute atomic E-state index is 13.2. The molecule has 0 aliphatic rings. The van der Waals surface area contributed by atoms with E-state index in [1.807, 2.05) is 82.5 Å². The highest BCUT2D eigenvalue weighted by atomic mass is 32.1. The fraction of sp³-hybridized carbons (Fsp3) is 0.391. The second kappa shape index (κ2) is 7.12. The zero-order chi connectivity index (χ0) is 20.9. The van der Waals surface area contributed by atoms with Gasteiger partial charge in [0, 0.05) is 16.7 Å². The van der Waals surface area contributed by atoms with E-state index >= 15 is 0 Å². The van der Waals surface area contributed by atoms with E-state index in [1.165, 1.54) is 11.3 Å². The number of nitrogens with zero attached hydrogens (tertiary/aromatic N) is 1. The molecule has 0 saturated carbocycles. The van der Waals surface area contributed by atoms with Gasteiger partial charge in [-0.1, -0.05) is 53.7 Å². The summed E-state index contributed by atoms with van der Waals surface area (Å²) in [7, 11) is 0. The van der Waals surface area contributed by atoms with Gasteiger partial charge in [-0.25, -0.2) is 0 Å². The first kappa shape index (κ1) is 20.7. The SMILES string of the molecule is CC(C)(C)c1cc(C(=O)Cn2c(=S)sc3ccccc32)cc(C(C)(C)C)c1O. The van der Waals surface area contributed by atoms with Crippen molar-refractivity contribution in [1.82, 2.24) is 4.57 Å². The molecule has 1 aromatic heterocycles. The smallest absolute Gasteiger partial charge is 0.182 e. The molecule has 2 aromatic carbocycles. The van der Waals surface area contributed by atoms with Gasteiger partial charge in [-0.05, 0) is 47.3 Å². The molecule has 148 valence electrons. The van der Waals surface area contributed by atoms with Gasteiger partial charge < -0.3 is 9.67 Å². The molecule has 1 N–H and O–H groups in total. The van der Waals surface area contributed by atoms with E-state index in [0.29, 0.717) is 9.52 Å². The second-order valence-corrected chi connectivity index (χ2v) is 10.9. The molecule has 0 spiro atoms. The zero-order valence-electron chi connectivity index (χ0n) is 17.3. The maximum Gasteiger partial charge on any atom is 0.182 e. The molecule has 5 heteroatoms. The first-order chi connectivity index (χ1) is 12.9. The van der Waals surface area contributed by atoms with Gasteiger partial charge in [0.05, 0.1) is 16.8 Å². The maximum atomic E-state index is 13.2. The monoisotopic (exact) mass is 413 g/mol. The van der Waals surface area contributed by atoms with Crippen molar-refractivity contribution in [3.05, 3.63) is 57.0 Å². The van der Waals surface area contributed by atoms with Crippen LogP contribution in [0.3, 0.4) is 0 Å². The van der Waals surface area contributed by atoms with Crippen molar-refractivity contribution < 1.29 is 9.90 Å². The van der Waals surface area contributed by atoms with Crippen LogP contribution in [0.15, 0.2) is 36.4 Å². The van der Waals surface area contributed by atoms with E-state index in [9.17, 15) is 9.90 Å². The Hall–Kier alpha value is -1.98. The van der Waals surface area contributed by atoms with Crippen LogP contribution in [0, 0.1) is 3.95 Å². The van der Waals surface area contributed by atoms with Crippen LogP contribution >= 0.6 is 23.6 Å². The van der Waals surface area contributed by atoms with Crippen LogP contribution < -0.4 is 0 Å². The molecule has 0 aliphatic carbocycles. The molecule has 0 fully saturated rings. The van der Waals surface area contributed by atoms with Crippen molar-refractivity contribution in [2.45, 2.75) is 58.9 Å². The van der Waals surface area contributed by atoms with Crippen LogP contribution in [0.4, 0.5) is 0 Å². The fourth-order valence-corrected chi connectivity index (χ4v) is 4.66. The molecule has 0 atom stereocenters. The van der Waals surface area contributed by atoms with E-state index < -0.39 is 0 Å². The minimum atomic E-state index is -0.272. The van der Waals surface area contributed by atoms with E-state index in [2.05, 4.69) is 0 Å². The molecule has 0 bridgehead atoms. The van der Waals surface area contributed by atoms with Crippen molar-refractivity contribution >= 4 is 39.6 Å². The molecule has 3 nitrogen and oxygen atoms in total. The Bertz CT molecular complexity index is 1070. The van der Waals surface area contributed by atoms with Crippen LogP contribution in [-0.2, 0) is 17.4 Å². The highest BCUT2D eigenvalue weighted by Crippen LogP contribution is 2.40. The van der Waals surface area contributed by atoms with Crippen molar-refractivity contribution in [2.24, 2.45) is 0 Å². The standard InChI is InChI=1S/C23H27NO2S2/c1-22(2,3)15-11-14(12-16(20(15)26)23(4,5)6)18(25)13-24-17-9-7-8-10-19(17)28-21(24)27/h7-12,26H,13H2,1-6H3. The quantitative estimate of drug-likeness (QED) is 0.388. The number of ketones is 1. The van der Waals surface area contributed by atoms with Gasteiger partial charge in [-0.2, -0.15) is 0 Å². The predicted molar refractivity (Wildman–Crippen MR) is 120 cm³/mol. The van der Waals surface area contributed by atoms with Crippen LogP contribution in [-0.4, -0.2) is 15.5 Å². The number of phenols is 1. The highest BCUT2D eigenvalue weighted by molar-refractivity contribution is 7.73. The van der Waals surface area contributed by atoms with E-state index in [-0.39, 0.29) is 28.9 Å². The topological polar surface area (TPSA) is 42.2 Å². The first-order valence-corrected chi connectivity index (χ1v) is 10.6. The minimum absolute atomic E-state index is 0.00402. The summed E-state index contributed by atoms with van der Waals surface area (Å²) in [6.45, 7) is 12.5. The Morgan fingerprint density at radius 3 is 2.11 bits per heavy atom. The molecule has 0 aliphatic heterocycles. The second-order valence-electron chi connectivity index (χ2n) is 9.26. The molecule has 3 aromatic rings. The third kappa shape index (κ3) is 3.91. The number of aromatic hydroxyl groups is 1. The Labute approximate surface area is 175 Å². The van der Waals surface area contributed by atoms with Crippen molar-refractivity contribution in [3.8, 4) is 5.75 Å². The predicted octanol–water partition coefficient (Wildman–Crippen LogP) is 6.62. The number of fused-ring (bicyclic) bond motifs is 1. The summed E-state index contributed by atoms with van der Waals surface area (Å²) in [5.74, 6) is 0.282. The van der Waals surface area contributed by atoms with Gasteiger partial charge in [0.1, 0.15) is 5.75 Å². The number of hydrogen-bond donors (Lipinski definition) is 1. The fourth-order valence-electron chi connectivity index (χ4n) is 3.34. The number of para-hydroxylation sites is 1. The molecule has 0 radical (unpaired) electrons. The van der Waals surface area contributed by atoms with Gasteiger partial charge in [0.2, 0.25) is 0 Å². The number of hydrogen-bond acceptors (Lipinski definition) is 4. The van der Waals surface area contributed by atoms with Crippen molar-refractivity contribution in [3.63, 3.8) is 0 Å². The Morgan fingerprint density at radius 1 is 1.04 bits per heavy atom. The van der Waals surface area contributed by atoms with Crippen molar-refractivity contribution in [2.75, 3.05) is 0 Å². The minimum Gasteiger partial charge on any atom is -0.507 e. The lowest BCUT2D eigenvalue weighted by atomic mass is 9.78.